The van der Waals surface area contributed by atoms with Gasteiger partial charge in [-0.2, -0.15) is 0 Å². The van der Waals surface area contributed by atoms with Gasteiger partial charge in [-0.1, -0.05) is 42.5 Å². The summed E-state index contributed by atoms with van der Waals surface area (Å²) in [4.78, 5) is 11.9. The normalized spacial score (nSPS) is 16.8. The lowest BCUT2D eigenvalue weighted by atomic mass is 10.1. The molecule has 0 spiro atoms. The van der Waals surface area contributed by atoms with Crippen LogP contribution in [0.3, 0.4) is 0 Å². The highest BCUT2D eigenvalue weighted by Crippen LogP contribution is 2.17. The van der Waals surface area contributed by atoms with Gasteiger partial charge in [-0.25, -0.2) is 0 Å². The van der Waals surface area contributed by atoms with E-state index in [9.17, 15) is 4.79 Å². The lowest BCUT2D eigenvalue weighted by Gasteiger charge is -2.11. The van der Waals surface area contributed by atoms with Crippen molar-refractivity contribution in [2.45, 2.75) is 38.5 Å². The molecule has 0 aliphatic carbocycles. The lowest BCUT2D eigenvalue weighted by molar-refractivity contribution is -0.123. The minimum Gasteiger partial charge on any atom is -0.489 e. The fourth-order valence-corrected chi connectivity index (χ4v) is 2.77. The molecule has 1 aliphatic heterocycles. The Morgan fingerprint density at radius 3 is 2.75 bits per heavy atom. The second-order valence-corrected chi connectivity index (χ2v) is 6.04. The predicted octanol–water partition coefficient (Wildman–Crippen LogP) is 3.45. The van der Waals surface area contributed by atoms with E-state index in [-0.39, 0.29) is 12.0 Å². The number of nitrogens with one attached hydrogen (secondary N) is 1. The van der Waals surface area contributed by atoms with Gasteiger partial charge in [-0.05, 0) is 36.1 Å². The molecule has 1 N–H and O–H groups in total. The van der Waals surface area contributed by atoms with Crippen LogP contribution in [-0.2, 0) is 22.7 Å². The van der Waals surface area contributed by atoms with Crippen LogP contribution in [0.4, 0.5) is 0 Å². The summed E-state index contributed by atoms with van der Waals surface area (Å²) in [5.74, 6) is 0.849. The number of ether oxygens (including phenoxy) is 2. The summed E-state index contributed by atoms with van der Waals surface area (Å²) in [6.45, 7) is 1.82. The molecular weight excluding hydrogens is 302 g/mol. The minimum absolute atomic E-state index is 0.0394. The summed E-state index contributed by atoms with van der Waals surface area (Å²) in [5, 5.41) is 2.95. The van der Waals surface area contributed by atoms with E-state index in [0.29, 0.717) is 19.6 Å². The van der Waals surface area contributed by atoms with Crippen LogP contribution in [0.2, 0.25) is 0 Å². The Bertz CT molecular complexity index is 651. The summed E-state index contributed by atoms with van der Waals surface area (Å²) in [5.41, 5.74) is 2.16. The van der Waals surface area contributed by atoms with E-state index in [2.05, 4.69) is 5.32 Å². The van der Waals surface area contributed by atoms with Crippen LogP contribution in [-0.4, -0.2) is 18.6 Å². The van der Waals surface area contributed by atoms with Gasteiger partial charge < -0.3 is 14.8 Å². The average molecular weight is 325 g/mol. The zero-order valence-corrected chi connectivity index (χ0v) is 13.7. The molecule has 0 radical (unpaired) electrons. The first kappa shape index (κ1) is 16.5. The van der Waals surface area contributed by atoms with Crippen molar-refractivity contribution >= 4 is 5.91 Å². The largest absolute Gasteiger partial charge is 0.489 e. The highest BCUT2D eigenvalue weighted by atomic mass is 16.5. The van der Waals surface area contributed by atoms with Gasteiger partial charge in [0.25, 0.3) is 0 Å². The van der Waals surface area contributed by atoms with E-state index in [0.717, 1.165) is 36.3 Å². The third-order valence-electron chi connectivity index (χ3n) is 4.07. The summed E-state index contributed by atoms with van der Waals surface area (Å²) in [6, 6.07) is 17.9. The molecule has 1 amide bonds. The number of carbonyl (C=O) groups is 1. The van der Waals surface area contributed by atoms with Crippen molar-refractivity contribution in [3.63, 3.8) is 0 Å². The predicted molar refractivity (Wildman–Crippen MR) is 92.7 cm³/mol. The Labute approximate surface area is 142 Å². The van der Waals surface area contributed by atoms with E-state index >= 15 is 0 Å². The maximum Gasteiger partial charge on any atom is 0.222 e. The Kier molecular flexibility index (Phi) is 5.85. The van der Waals surface area contributed by atoms with Crippen molar-refractivity contribution in [2.24, 2.45) is 0 Å². The van der Waals surface area contributed by atoms with Crippen molar-refractivity contribution in [3.8, 4) is 5.75 Å². The van der Waals surface area contributed by atoms with Crippen molar-refractivity contribution in [1.82, 2.24) is 5.32 Å². The van der Waals surface area contributed by atoms with Crippen LogP contribution in [0.5, 0.6) is 5.75 Å². The van der Waals surface area contributed by atoms with Crippen LogP contribution in [0.1, 0.15) is 30.4 Å². The number of carbonyl (C=O) groups excluding carboxylic acids is 1. The van der Waals surface area contributed by atoms with Gasteiger partial charge in [0.15, 0.2) is 0 Å². The van der Waals surface area contributed by atoms with E-state index in [1.807, 2.05) is 54.6 Å². The summed E-state index contributed by atoms with van der Waals surface area (Å²) < 4.78 is 11.3. The molecular formula is C20H23NO3. The molecule has 0 aromatic heterocycles. The molecule has 1 heterocycles. The molecule has 1 fully saturated rings. The maximum atomic E-state index is 11.9. The third-order valence-corrected chi connectivity index (χ3v) is 4.07. The fourth-order valence-electron chi connectivity index (χ4n) is 2.77. The SMILES string of the molecule is O=C(CC1CCCO1)NCc1cccc(OCc2ccccc2)c1. The summed E-state index contributed by atoms with van der Waals surface area (Å²) in [6.07, 6.45) is 2.57. The molecule has 24 heavy (non-hydrogen) atoms. The molecule has 0 saturated carbocycles. The van der Waals surface area contributed by atoms with Crippen LogP contribution in [0.25, 0.3) is 0 Å². The summed E-state index contributed by atoms with van der Waals surface area (Å²) in [7, 11) is 0. The molecule has 2 aromatic rings. The van der Waals surface area contributed by atoms with E-state index in [4.69, 9.17) is 9.47 Å². The molecule has 126 valence electrons. The summed E-state index contributed by atoms with van der Waals surface area (Å²) >= 11 is 0. The monoisotopic (exact) mass is 325 g/mol. The second-order valence-electron chi connectivity index (χ2n) is 6.04. The Morgan fingerprint density at radius 2 is 1.96 bits per heavy atom. The first-order chi connectivity index (χ1) is 11.8. The number of amides is 1. The smallest absolute Gasteiger partial charge is 0.222 e. The highest BCUT2D eigenvalue weighted by Gasteiger charge is 2.18. The topological polar surface area (TPSA) is 47.6 Å². The van der Waals surface area contributed by atoms with Gasteiger partial charge >= 0.3 is 0 Å². The standard InChI is InChI=1S/C20H23NO3/c22-20(13-19-10-5-11-23-19)21-14-17-8-4-9-18(12-17)24-15-16-6-2-1-3-7-16/h1-4,6-9,12,19H,5,10-11,13-15H2,(H,21,22). The highest BCUT2D eigenvalue weighted by molar-refractivity contribution is 5.76. The van der Waals surface area contributed by atoms with Crippen molar-refractivity contribution in [1.29, 1.82) is 0 Å². The van der Waals surface area contributed by atoms with Crippen LogP contribution in [0.15, 0.2) is 54.6 Å². The van der Waals surface area contributed by atoms with Crippen LogP contribution in [0, 0.1) is 0 Å². The van der Waals surface area contributed by atoms with E-state index in [1.54, 1.807) is 0 Å². The average Bonchev–Trinajstić information content (AvgIpc) is 3.12. The first-order valence-corrected chi connectivity index (χ1v) is 8.43. The molecule has 1 atom stereocenters. The van der Waals surface area contributed by atoms with Gasteiger partial charge in [0.1, 0.15) is 12.4 Å². The molecule has 2 aromatic carbocycles. The third kappa shape index (κ3) is 5.10. The van der Waals surface area contributed by atoms with Gasteiger partial charge in [0, 0.05) is 13.2 Å². The zero-order valence-electron chi connectivity index (χ0n) is 13.7. The van der Waals surface area contributed by atoms with Gasteiger partial charge in [-0.3, -0.25) is 4.79 Å². The van der Waals surface area contributed by atoms with Gasteiger partial charge in [0.05, 0.1) is 12.5 Å². The Morgan fingerprint density at radius 1 is 1.12 bits per heavy atom. The number of rotatable bonds is 7. The van der Waals surface area contributed by atoms with Crippen LogP contribution >= 0.6 is 0 Å². The van der Waals surface area contributed by atoms with E-state index in [1.165, 1.54) is 0 Å². The van der Waals surface area contributed by atoms with Crippen molar-refractivity contribution in [3.05, 3.63) is 65.7 Å². The molecule has 3 rings (SSSR count). The molecule has 4 nitrogen and oxygen atoms in total. The fraction of sp³-hybridized carbons (Fsp3) is 0.350. The molecule has 0 bridgehead atoms. The first-order valence-electron chi connectivity index (χ1n) is 8.43. The second kappa shape index (κ2) is 8.50. The molecule has 1 saturated heterocycles. The van der Waals surface area contributed by atoms with Crippen LogP contribution < -0.4 is 10.1 Å². The van der Waals surface area contributed by atoms with Gasteiger partial charge in [0.2, 0.25) is 5.91 Å². The zero-order chi connectivity index (χ0) is 16.6. The number of hydrogen-bond donors (Lipinski definition) is 1. The number of benzene rings is 2. The lowest BCUT2D eigenvalue weighted by Crippen LogP contribution is -2.26. The van der Waals surface area contributed by atoms with E-state index < -0.39 is 0 Å². The van der Waals surface area contributed by atoms with Crippen molar-refractivity contribution in [2.75, 3.05) is 6.61 Å². The van der Waals surface area contributed by atoms with Gasteiger partial charge in [-0.15, -0.1) is 0 Å². The number of hydrogen-bond acceptors (Lipinski definition) is 3. The quantitative estimate of drug-likeness (QED) is 0.848. The maximum absolute atomic E-state index is 11.9. The molecule has 4 heteroatoms. The minimum atomic E-state index is 0.0394. The molecule has 1 aliphatic rings. The van der Waals surface area contributed by atoms with Crippen molar-refractivity contribution < 1.29 is 14.3 Å². The molecule has 1 unspecified atom stereocenters. The Balaban J connectivity index is 1.46. The Hall–Kier alpha value is -2.33.